The molecule has 1 aromatic rings. The van der Waals surface area contributed by atoms with Crippen LogP contribution in [0.4, 0.5) is 5.69 Å². The molecule has 0 fully saturated rings. The van der Waals surface area contributed by atoms with Gasteiger partial charge in [0.05, 0.1) is 6.20 Å². The summed E-state index contributed by atoms with van der Waals surface area (Å²) in [5.74, 6) is -1.17. The second-order valence-electron chi connectivity index (χ2n) is 2.69. The molecule has 0 saturated carbocycles. The van der Waals surface area contributed by atoms with E-state index in [4.69, 9.17) is 0 Å². The molecule has 0 aliphatic rings. The van der Waals surface area contributed by atoms with Crippen LogP contribution in [-0.2, 0) is 9.59 Å². The smallest absolute Gasteiger partial charge is 0.289 e. The summed E-state index contributed by atoms with van der Waals surface area (Å²) < 4.78 is 0. The zero-order valence-corrected chi connectivity index (χ0v) is 7.86. The first-order valence-electron chi connectivity index (χ1n) is 4.09. The van der Waals surface area contributed by atoms with E-state index >= 15 is 0 Å². The third-order valence-electron chi connectivity index (χ3n) is 1.68. The number of carbonyl (C=O) groups excluding carboxylic acids is 2. The summed E-state index contributed by atoms with van der Waals surface area (Å²) >= 11 is 0. The number of amides is 1. The molecule has 0 unspecified atom stereocenters. The first-order chi connectivity index (χ1) is 6.66. The van der Waals surface area contributed by atoms with Crippen molar-refractivity contribution in [3.63, 3.8) is 0 Å². The predicted octanol–water partition coefficient (Wildman–Crippen LogP) is 1.56. The Labute approximate surface area is 82.6 Å². The largest absolute Gasteiger partial charge is 0.298 e. The molecule has 1 rings (SSSR count). The quantitative estimate of drug-likeness (QED) is 0.533. The molecule has 0 heterocycles. The lowest BCUT2D eigenvalue weighted by Gasteiger charge is -2.14. The summed E-state index contributed by atoms with van der Waals surface area (Å²) in [6.07, 6.45) is 2.41. The zero-order chi connectivity index (χ0) is 10.6. The van der Waals surface area contributed by atoms with Crippen molar-refractivity contribution < 1.29 is 9.59 Å². The Morgan fingerprint density at radius 2 is 1.86 bits per heavy atom. The predicted molar refractivity (Wildman–Crippen MR) is 53.5 cm³/mol. The summed E-state index contributed by atoms with van der Waals surface area (Å²) in [6.45, 7) is 4.59. The van der Waals surface area contributed by atoms with E-state index in [-0.39, 0.29) is 0 Å². The number of hydrogen-bond acceptors (Lipinski definition) is 2. The molecule has 0 aliphatic carbocycles. The minimum absolute atomic E-state index is 0.537. The highest BCUT2D eigenvalue weighted by atomic mass is 16.2. The summed E-state index contributed by atoms with van der Waals surface area (Å²) in [5, 5.41) is 0. The molecule has 0 N–H and O–H groups in total. The van der Waals surface area contributed by atoms with Gasteiger partial charge in [0.15, 0.2) is 0 Å². The van der Waals surface area contributed by atoms with Crippen molar-refractivity contribution in [1.29, 1.82) is 0 Å². The Balaban J connectivity index is 2.99. The fourth-order valence-electron chi connectivity index (χ4n) is 1.01. The monoisotopic (exact) mass is 188 g/mol. The fourth-order valence-corrected chi connectivity index (χ4v) is 1.01. The van der Waals surface area contributed by atoms with Gasteiger partial charge in [0, 0.05) is 12.6 Å². The van der Waals surface area contributed by atoms with Crippen molar-refractivity contribution in [2.45, 2.75) is 6.92 Å². The van der Waals surface area contributed by atoms with Gasteiger partial charge in [0.2, 0.25) is 5.78 Å². The molecule has 3 heteroatoms. The third-order valence-corrected chi connectivity index (χ3v) is 1.68. The number of benzene rings is 1. The summed E-state index contributed by atoms with van der Waals surface area (Å²) in [5.41, 5.74) is 0.586. The molecule has 1 aromatic carbocycles. The normalized spacial score (nSPS) is 9.21. The second-order valence-corrected chi connectivity index (χ2v) is 2.69. The third kappa shape index (κ3) is 2.07. The second kappa shape index (κ2) is 4.37. The van der Waals surface area contributed by atoms with Crippen LogP contribution in [0, 0.1) is 6.20 Å². The van der Waals surface area contributed by atoms with E-state index in [1.54, 1.807) is 24.3 Å². The van der Waals surface area contributed by atoms with Crippen LogP contribution in [0.1, 0.15) is 6.92 Å². The van der Waals surface area contributed by atoms with Gasteiger partial charge in [-0.05, 0) is 12.1 Å². The molecular weight excluding hydrogens is 178 g/mol. The highest BCUT2D eigenvalue weighted by Gasteiger charge is 2.16. The summed E-state index contributed by atoms with van der Waals surface area (Å²) in [4.78, 5) is 23.3. The molecule has 0 atom stereocenters. The molecule has 0 bridgehead atoms. The maximum absolute atomic E-state index is 11.3. The van der Waals surface area contributed by atoms with Crippen LogP contribution < -0.4 is 4.90 Å². The van der Waals surface area contributed by atoms with Crippen LogP contribution in [-0.4, -0.2) is 11.7 Å². The van der Waals surface area contributed by atoms with Gasteiger partial charge < -0.3 is 0 Å². The molecule has 0 aliphatic heterocycles. The molecular formula is C11H10NO2. The summed E-state index contributed by atoms with van der Waals surface area (Å²) in [7, 11) is 0. The average molecular weight is 188 g/mol. The lowest BCUT2D eigenvalue weighted by Crippen LogP contribution is -2.30. The number of carbonyl (C=O) groups is 2. The van der Waals surface area contributed by atoms with Crippen LogP contribution in [0.15, 0.2) is 36.9 Å². The van der Waals surface area contributed by atoms with Gasteiger partial charge in [-0.1, -0.05) is 24.8 Å². The van der Waals surface area contributed by atoms with Crippen molar-refractivity contribution >= 4 is 17.4 Å². The van der Waals surface area contributed by atoms with Crippen molar-refractivity contribution in [2.75, 3.05) is 4.90 Å². The van der Waals surface area contributed by atoms with Crippen LogP contribution >= 0.6 is 0 Å². The van der Waals surface area contributed by atoms with Crippen LogP contribution in [0.5, 0.6) is 0 Å². The lowest BCUT2D eigenvalue weighted by molar-refractivity contribution is -0.134. The van der Waals surface area contributed by atoms with Gasteiger partial charge in [-0.15, -0.1) is 0 Å². The van der Waals surface area contributed by atoms with E-state index in [0.717, 1.165) is 4.90 Å². The minimum atomic E-state index is -0.633. The van der Waals surface area contributed by atoms with Crippen LogP contribution in [0.3, 0.4) is 0 Å². The summed E-state index contributed by atoms with van der Waals surface area (Å²) in [6, 6.07) is 8.78. The number of nitrogens with zero attached hydrogens (tertiary/aromatic N) is 1. The Morgan fingerprint density at radius 1 is 1.29 bits per heavy atom. The van der Waals surface area contributed by atoms with Crippen molar-refractivity contribution in [2.24, 2.45) is 0 Å². The fraction of sp³-hybridized carbons (Fsp3) is 0.0909. The molecule has 1 radical (unpaired) electrons. The maximum atomic E-state index is 11.3. The Hall–Kier alpha value is -1.90. The van der Waals surface area contributed by atoms with Gasteiger partial charge in [0.1, 0.15) is 0 Å². The Bertz CT molecular complexity index is 357. The minimum Gasteiger partial charge on any atom is -0.289 e. The Morgan fingerprint density at radius 3 is 2.29 bits per heavy atom. The van der Waals surface area contributed by atoms with Crippen molar-refractivity contribution in [3.8, 4) is 0 Å². The zero-order valence-electron chi connectivity index (χ0n) is 7.86. The van der Waals surface area contributed by atoms with Gasteiger partial charge in [-0.3, -0.25) is 14.5 Å². The van der Waals surface area contributed by atoms with E-state index in [9.17, 15) is 9.59 Å². The molecule has 0 aromatic heterocycles. The van der Waals surface area contributed by atoms with Gasteiger partial charge >= 0.3 is 0 Å². The van der Waals surface area contributed by atoms with Gasteiger partial charge in [-0.25, -0.2) is 0 Å². The molecule has 1 amide bonds. The highest BCUT2D eigenvalue weighted by molar-refractivity contribution is 6.40. The molecule has 14 heavy (non-hydrogen) atoms. The standard InChI is InChI=1S/C11H10NO2/c1-3-12(11(14)9(2)13)10-7-5-4-6-8-10/h4-8H,1H2,2H3. The number of Topliss-reactive ketones (excluding diaryl/α,β-unsaturated/α-hetero) is 1. The number of hydrogen-bond donors (Lipinski definition) is 0. The van der Waals surface area contributed by atoms with E-state index < -0.39 is 11.7 Å². The van der Waals surface area contributed by atoms with Crippen molar-refractivity contribution in [3.05, 3.63) is 43.1 Å². The number of rotatable bonds is 3. The Kier molecular flexibility index (Phi) is 3.18. The first kappa shape index (κ1) is 10.2. The highest BCUT2D eigenvalue weighted by Crippen LogP contribution is 2.13. The van der Waals surface area contributed by atoms with E-state index in [0.29, 0.717) is 5.69 Å². The number of para-hydroxylation sites is 1. The van der Waals surface area contributed by atoms with Gasteiger partial charge in [0.25, 0.3) is 5.91 Å². The maximum Gasteiger partial charge on any atom is 0.298 e. The van der Waals surface area contributed by atoms with Crippen LogP contribution in [0.25, 0.3) is 0 Å². The first-order valence-corrected chi connectivity index (χ1v) is 4.09. The lowest BCUT2D eigenvalue weighted by atomic mass is 10.2. The SMILES string of the molecule is C=[C]N(C(=O)C(C)=O)c1ccccc1. The van der Waals surface area contributed by atoms with Gasteiger partial charge in [-0.2, -0.15) is 0 Å². The average Bonchev–Trinajstić information content (AvgIpc) is 2.20. The number of ketones is 1. The van der Waals surface area contributed by atoms with Crippen molar-refractivity contribution in [1.82, 2.24) is 0 Å². The molecule has 71 valence electrons. The molecule has 0 saturated heterocycles. The molecule has 0 spiro atoms. The number of anilines is 1. The molecule has 3 nitrogen and oxygen atoms in total. The van der Waals surface area contributed by atoms with Crippen LogP contribution in [0.2, 0.25) is 0 Å². The van der Waals surface area contributed by atoms with E-state index in [1.165, 1.54) is 6.92 Å². The topological polar surface area (TPSA) is 37.4 Å². The van der Waals surface area contributed by atoms with E-state index in [1.807, 2.05) is 6.07 Å². The van der Waals surface area contributed by atoms with E-state index in [2.05, 4.69) is 12.8 Å².